The van der Waals surface area contributed by atoms with Gasteiger partial charge in [-0.05, 0) is 12.5 Å². The Morgan fingerprint density at radius 1 is 1.28 bits per heavy atom. The van der Waals surface area contributed by atoms with Crippen molar-refractivity contribution in [3.05, 3.63) is 30.5 Å². The molecule has 0 amide bonds. The third-order valence-electron chi connectivity index (χ3n) is 2.47. The molecule has 0 aliphatic carbocycles. The number of nitrogens with one attached hydrogen (secondary N) is 1. The van der Waals surface area contributed by atoms with Crippen LogP contribution in [-0.2, 0) is 10.0 Å². The highest BCUT2D eigenvalue weighted by molar-refractivity contribution is 7.89. The predicted octanol–water partition coefficient (Wildman–Crippen LogP) is 0.720. The Balaban J connectivity index is 2.04. The van der Waals surface area contributed by atoms with Crippen molar-refractivity contribution in [3.63, 3.8) is 0 Å². The van der Waals surface area contributed by atoms with Crippen molar-refractivity contribution in [2.45, 2.75) is 6.42 Å². The second kappa shape index (κ2) is 5.28. The summed E-state index contributed by atoms with van der Waals surface area (Å²) in [4.78, 5) is 0. The van der Waals surface area contributed by atoms with Gasteiger partial charge in [0.1, 0.15) is 0 Å². The second-order valence-corrected chi connectivity index (χ2v) is 5.66. The second-order valence-electron chi connectivity index (χ2n) is 3.92. The third kappa shape index (κ3) is 3.38. The van der Waals surface area contributed by atoms with Crippen LogP contribution in [0.25, 0.3) is 10.9 Å². The summed E-state index contributed by atoms with van der Waals surface area (Å²) in [6, 6.07) is 7.62. The molecule has 0 saturated heterocycles. The van der Waals surface area contributed by atoms with Crippen molar-refractivity contribution in [2.24, 2.45) is 5.14 Å². The average Bonchev–Trinajstić information content (AvgIpc) is 2.33. The standard InChI is InChI=1S/C11H14N4O2S/c12-18(16,17)7-3-6-13-11-8-14-15-10-5-2-1-4-9(10)11/h1-2,4-5,8H,3,6-7H2,(H,13,15)(H2,12,16,17). The molecule has 0 aliphatic heterocycles. The Morgan fingerprint density at radius 2 is 2.06 bits per heavy atom. The molecule has 7 heteroatoms. The van der Waals surface area contributed by atoms with Crippen molar-refractivity contribution in [2.75, 3.05) is 17.6 Å². The van der Waals surface area contributed by atoms with Crippen LogP contribution in [0.1, 0.15) is 6.42 Å². The maximum Gasteiger partial charge on any atom is 0.209 e. The highest BCUT2D eigenvalue weighted by atomic mass is 32.2. The van der Waals surface area contributed by atoms with Crippen molar-refractivity contribution in [1.29, 1.82) is 0 Å². The zero-order chi connectivity index (χ0) is 13.0. The third-order valence-corrected chi connectivity index (χ3v) is 3.33. The number of nitrogens with zero attached hydrogens (tertiary/aromatic N) is 2. The number of fused-ring (bicyclic) bond motifs is 1. The van der Waals surface area contributed by atoms with Crippen LogP contribution < -0.4 is 10.5 Å². The Kier molecular flexibility index (Phi) is 3.73. The highest BCUT2D eigenvalue weighted by Crippen LogP contribution is 2.19. The first-order chi connectivity index (χ1) is 8.56. The molecule has 1 aromatic carbocycles. The smallest absolute Gasteiger partial charge is 0.209 e. The molecule has 0 spiro atoms. The summed E-state index contributed by atoms with van der Waals surface area (Å²) in [7, 11) is -3.39. The maximum absolute atomic E-state index is 10.8. The molecule has 0 saturated carbocycles. The molecular weight excluding hydrogens is 252 g/mol. The quantitative estimate of drug-likeness (QED) is 0.777. The molecule has 2 rings (SSSR count). The number of aromatic nitrogens is 2. The largest absolute Gasteiger partial charge is 0.383 e. The lowest BCUT2D eigenvalue weighted by atomic mass is 10.2. The zero-order valence-corrected chi connectivity index (χ0v) is 10.5. The van der Waals surface area contributed by atoms with Gasteiger partial charge < -0.3 is 5.32 Å². The van der Waals surface area contributed by atoms with Crippen LogP contribution in [0, 0.1) is 0 Å². The summed E-state index contributed by atoms with van der Waals surface area (Å²) in [6.07, 6.45) is 2.08. The van der Waals surface area contributed by atoms with Crippen LogP contribution in [0.5, 0.6) is 0 Å². The maximum atomic E-state index is 10.8. The number of rotatable bonds is 5. The van der Waals surface area contributed by atoms with E-state index in [-0.39, 0.29) is 5.75 Å². The number of hydrogen-bond acceptors (Lipinski definition) is 5. The van der Waals surface area contributed by atoms with Gasteiger partial charge in [-0.2, -0.15) is 10.2 Å². The van der Waals surface area contributed by atoms with Gasteiger partial charge in [-0.15, -0.1) is 0 Å². The van der Waals surface area contributed by atoms with E-state index in [1.807, 2.05) is 24.3 Å². The summed E-state index contributed by atoms with van der Waals surface area (Å²) in [5, 5.41) is 16.9. The lowest BCUT2D eigenvalue weighted by Gasteiger charge is -2.07. The summed E-state index contributed by atoms with van der Waals surface area (Å²) in [5.74, 6) is -0.0313. The summed E-state index contributed by atoms with van der Waals surface area (Å²) >= 11 is 0. The summed E-state index contributed by atoms with van der Waals surface area (Å²) < 4.78 is 21.6. The van der Waals surface area contributed by atoms with Gasteiger partial charge in [0.25, 0.3) is 0 Å². The van der Waals surface area contributed by atoms with E-state index >= 15 is 0 Å². The van der Waals surface area contributed by atoms with Gasteiger partial charge in [-0.3, -0.25) is 0 Å². The van der Waals surface area contributed by atoms with Crippen LogP contribution in [0.3, 0.4) is 0 Å². The van der Waals surface area contributed by atoms with Gasteiger partial charge >= 0.3 is 0 Å². The molecule has 2 aromatic rings. The van der Waals surface area contributed by atoms with Crippen LogP contribution in [0.2, 0.25) is 0 Å². The summed E-state index contributed by atoms with van der Waals surface area (Å²) in [6.45, 7) is 0.520. The minimum absolute atomic E-state index is 0.0313. The zero-order valence-electron chi connectivity index (χ0n) is 9.70. The highest BCUT2D eigenvalue weighted by Gasteiger charge is 2.04. The molecule has 96 valence electrons. The van der Waals surface area contributed by atoms with E-state index < -0.39 is 10.0 Å². The van der Waals surface area contributed by atoms with Gasteiger partial charge in [0.2, 0.25) is 10.0 Å². The van der Waals surface area contributed by atoms with Crippen molar-refractivity contribution in [1.82, 2.24) is 10.2 Å². The molecule has 6 nitrogen and oxygen atoms in total. The average molecular weight is 266 g/mol. The first-order valence-electron chi connectivity index (χ1n) is 5.51. The van der Waals surface area contributed by atoms with E-state index in [0.717, 1.165) is 16.6 Å². The van der Waals surface area contributed by atoms with Crippen LogP contribution in [0.4, 0.5) is 5.69 Å². The fourth-order valence-electron chi connectivity index (χ4n) is 1.64. The fraction of sp³-hybridized carbons (Fsp3) is 0.273. The number of nitrogens with two attached hydrogens (primary N) is 1. The van der Waals surface area contributed by atoms with E-state index in [9.17, 15) is 8.42 Å². The first-order valence-corrected chi connectivity index (χ1v) is 7.22. The van der Waals surface area contributed by atoms with Gasteiger partial charge in [-0.1, -0.05) is 18.2 Å². The Labute approximate surface area is 105 Å². The van der Waals surface area contributed by atoms with Gasteiger partial charge in [0.15, 0.2) is 0 Å². The SMILES string of the molecule is NS(=O)(=O)CCCNc1cnnc2ccccc12. The summed E-state index contributed by atoms with van der Waals surface area (Å²) in [5.41, 5.74) is 1.64. The van der Waals surface area contributed by atoms with E-state index in [0.29, 0.717) is 13.0 Å². The van der Waals surface area contributed by atoms with Crippen molar-refractivity contribution >= 4 is 26.6 Å². The monoisotopic (exact) mass is 266 g/mol. The van der Waals surface area contributed by atoms with E-state index in [1.165, 1.54) is 0 Å². The number of anilines is 1. The predicted molar refractivity (Wildman–Crippen MR) is 70.6 cm³/mol. The lowest BCUT2D eigenvalue weighted by Crippen LogP contribution is -2.18. The van der Waals surface area contributed by atoms with Crippen LogP contribution >= 0.6 is 0 Å². The molecule has 0 fully saturated rings. The Morgan fingerprint density at radius 3 is 2.83 bits per heavy atom. The Hall–Kier alpha value is -1.73. The lowest BCUT2D eigenvalue weighted by molar-refractivity contribution is 0.596. The minimum Gasteiger partial charge on any atom is -0.383 e. The molecule has 0 aliphatic rings. The minimum atomic E-state index is -3.39. The molecule has 3 N–H and O–H groups in total. The van der Waals surface area contributed by atoms with Crippen LogP contribution in [-0.4, -0.2) is 30.9 Å². The number of benzene rings is 1. The molecular formula is C11H14N4O2S. The van der Waals surface area contributed by atoms with E-state index in [1.54, 1.807) is 6.20 Å². The van der Waals surface area contributed by atoms with Gasteiger partial charge in [0, 0.05) is 11.9 Å². The Bertz CT molecular complexity index is 637. The molecule has 0 bridgehead atoms. The normalized spacial score (nSPS) is 11.6. The number of hydrogen-bond donors (Lipinski definition) is 2. The molecule has 0 atom stereocenters. The number of sulfonamides is 1. The van der Waals surface area contributed by atoms with Gasteiger partial charge in [0.05, 0.1) is 23.2 Å². The number of primary sulfonamides is 1. The van der Waals surface area contributed by atoms with E-state index in [4.69, 9.17) is 5.14 Å². The van der Waals surface area contributed by atoms with Gasteiger partial charge in [-0.25, -0.2) is 13.6 Å². The topological polar surface area (TPSA) is 98.0 Å². The van der Waals surface area contributed by atoms with E-state index in [2.05, 4.69) is 15.5 Å². The molecule has 1 aromatic heterocycles. The van der Waals surface area contributed by atoms with Crippen molar-refractivity contribution in [3.8, 4) is 0 Å². The molecule has 18 heavy (non-hydrogen) atoms. The first kappa shape index (κ1) is 12.7. The van der Waals surface area contributed by atoms with Crippen molar-refractivity contribution < 1.29 is 8.42 Å². The van der Waals surface area contributed by atoms with Crippen LogP contribution in [0.15, 0.2) is 30.5 Å². The molecule has 0 unspecified atom stereocenters. The molecule has 0 radical (unpaired) electrons. The fourth-order valence-corrected chi connectivity index (χ4v) is 2.19. The molecule has 1 heterocycles.